The fraction of sp³-hybridized carbons (Fsp3) is 0.632. The van der Waals surface area contributed by atoms with Gasteiger partial charge in [0.25, 0.3) is 5.91 Å². The molecule has 26 heavy (non-hydrogen) atoms. The van der Waals surface area contributed by atoms with Crippen LogP contribution in [0.3, 0.4) is 0 Å². The predicted octanol–water partition coefficient (Wildman–Crippen LogP) is 1.65. The average Bonchev–Trinajstić information content (AvgIpc) is 3.23. The number of piperidine rings is 2. The summed E-state index contributed by atoms with van der Waals surface area (Å²) in [5.41, 5.74) is 0.545. The fourth-order valence-corrected chi connectivity index (χ4v) is 3.65. The molecule has 7 heteroatoms. The number of furan rings is 1. The largest absolute Gasteiger partial charge is 0.472 e. The highest BCUT2D eigenvalue weighted by Gasteiger charge is 2.28. The maximum absolute atomic E-state index is 12.3. The average molecular weight is 361 g/mol. The molecule has 1 N–H and O–H groups in total. The van der Waals surface area contributed by atoms with Gasteiger partial charge in [0.2, 0.25) is 11.8 Å². The van der Waals surface area contributed by atoms with Crippen LogP contribution in [0, 0.1) is 5.92 Å². The summed E-state index contributed by atoms with van der Waals surface area (Å²) in [6.45, 7) is 3.21. The van der Waals surface area contributed by atoms with Crippen LogP contribution in [0.1, 0.15) is 48.9 Å². The first-order chi connectivity index (χ1) is 12.6. The highest BCUT2D eigenvalue weighted by molar-refractivity contribution is 5.94. The number of rotatable bonds is 5. The van der Waals surface area contributed by atoms with Crippen molar-refractivity contribution in [2.45, 2.75) is 38.5 Å². The van der Waals surface area contributed by atoms with Gasteiger partial charge in [-0.1, -0.05) is 0 Å². The number of hydrogen-bond donors (Lipinski definition) is 1. The van der Waals surface area contributed by atoms with Crippen LogP contribution in [0.25, 0.3) is 0 Å². The minimum absolute atomic E-state index is 0.00754. The first kappa shape index (κ1) is 18.5. The highest BCUT2D eigenvalue weighted by atomic mass is 16.3. The summed E-state index contributed by atoms with van der Waals surface area (Å²) in [6.07, 6.45) is 7.94. The molecular weight excluding hydrogens is 334 g/mol. The Morgan fingerprint density at radius 2 is 1.77 bits per heavy atom. The van der Waals surface area contributed by atoms with Crippen LogP contribution in [0.4, 0.5) is 0 Å². The van der Waals surface area contributed by atoms with Gasteiger partial charge in [-0.25, -0.2) is 0 Å². The Balaban J connectivity index is 1.36. The van der Waals surface area contributed by atoms with Crippen LogP contribution in [-0.4, -0.2) is 60.2 Å². The molecule has 0 saturated carbocycles. The zero-order valence-corrected chi connectivity index (χ0v) is 15.1. The summed E-state index contributed by atoms with van der Waals surface area (Å²) in [7, 11) is 0. The lowest BCUT2D eigenvalue weighted by Crippen LogP contribution is -2.43. The monoisotopic (exact) mass is 361 g/mol. The molecule has 7 nitrogen and oxygen atoms in total. The van der Waals surface area contributed by atoms with E-state index in [1.807, 2.05) is 4.90 Å². The van der Waals surface area contributed by atoms with Crippen molar-refractivity contribution in [1.82, 2.24) is 15.1 Å². The summed E-state index contributed by atoms with van der Waals surface area (Å²) in [6, 6.07) is 1.65. The third-order valence-corrected chi connectivity index (χ3v) is 5.27. The number of carbonyl (C=O) groups excluding carboxylic acids is 3. The molecule has 3 heterocycles. The second-order valence-corrected chi connectivity index (χ2v) is 7.06. The van der Waals surface area contributed by atoms with Crippen molar-refractivity contribution in [3.63, 3.8) is 0 Å². The molecule has 3 rings (SSSR count). The lowest BCUT2D eigenvalue weighted by atomic mass is 9.95. The number of nitrogens with one attached hydrogen (secondary N) is 1. The van der Waals surface area contributed by atoms with E-state index in [0.29, 0.717) is 44.5 Å². The Labute approximate surface area is 153 Å². The first-order valence-electron chi connectivity index (χ1n) is 9.52. The van der Waals surface area contributed by atoms with Gasteiger partial charge < -0.3 is 19.5 Å². The molecule has 0 aromatic carbocycles. The zero-order valence-electron chi connectivity index (χ0n) is 15.1. The van der Waals surface area contributed by atoms with Gasteiger partial charge in [0.05, 0.1) is 11.8 Å². The van der Waals surface area contributed by atoms with Crippen molar-refractivity contribution in [2.24, 2.45) is 5.92 Å². The van der Waals surface area contributed by atoms with E-state index in [0.717, 1.165) is 25.9 Å². The molecule has 2 aliphatic heterocycles. The van der Waals surface area contributed by atoms with Crippen LogP contribution in [0.2, 0.25) is 0 Å². The minimum atomic E-state index is -0.0894. The molecule has 2 aliphatic rings. The standard InChI is InChI=1S/C19H27N3O4/c23-17(21-9-2-1-3-10-21)4-8-20-18(24)15-5-11-22(12-6-15)19(25)16-7-13-26-14-16/h7,13-15H,1-6,8-12H2,(H,20,24). The van der Waals surface area contributed by atoms with Crippen molar-refractivity contribution >= 4 is 17.7 Å². The van der Waals surface area contributed by atoms with E-state index in [9.17, 15) is 14.4 Å². The third kappa shape index (κ3) is 4.65. The Kier molecular flexibility index (Phi) is 6.30. The Morgan fingerprint density at radius 3 is 2.42 bits per heavy atom. The fourth-order valence-electron chi connectivity index (χ4n) is 3.65. The van der Waals surface area contributed by atoms with Gasteiger partial charge >= 0.3 is 0 Å². The minimum Gasteiger partial charge on any atom is -0.472 e. The summed E-state index contributed by atoms with van der Waals surface area (Å²) in [5, 5.41) is 2.89. The van der Waals surface area contributed by atoms with Crippen molar-refractivity contribution in [2.75, 3.05) is 32.7 Å². The molecule has 0 spiro atoms. The lowest BCUT2D eigenvalue weighted by Gasteiger charge is -2.31. The van der Waals surface area contributed by atoms with Gasteiger partial charge in [-0.05, 0) is 38.2 Å². The second-order valence-electron chi connectivity index (χ2n) is 7.06. The van der Waals surface area contributed by atoms with E-state index in [2.05, 4.69) is 5.32 Å². The van der Waals surface area contributed by atoms with E-state index in [1.54, 1.807) is 11.0 Å². The maximum atomic E-state index is 12.3. The number of carbonyl (C=O) groups is 3. The molecule has 0 atom stereocenters. The van der Waals surface area contributed by atoms with Crippen LogP contribution in [-0.2, 0) is 9.59 Å². The molecule has 142 valence electrons. The predicted molar refractivity (Wildman–Crippen MR) is 95.4 cm³/mol. The van der Waals surface area contributed by atoms with Crippen molar-refractivity contribution in [3.8, 4) is 0 Å². The normalized spacial score (nSPS) is 18.6. The van der Waals surface area contributed by atoms with Gasteiger partial charge in [-0.2, -0.15) is 0 Å². The van der Waals surface area contributed by atoms with Crippen LogP contribution >= 0.6 is 0 Å². The van der Waals surface area contributed by atoms with E-state index in [1.165, 1.54) is 18.9 Å². The van der Waals surface area contributed by atoms with Crippen LogP contribution < -0.4 is 5.32 Å². The van der Waals surface area contributed by atoms with Gasteiger partial charge in [0.1, 0.15) is 6.26 Å². The van der Waals surface area contributed by atoms with E-state index in [-0.39, 0.29) is 23.6 Å². The molecule has 2 saturated heterocycles. The van der Waals surface area contributed by atoms with Gasteiger partial charge in [-0.3, -0.25) is 14.4 Å². The van der Waals surface area contributed by atoms with Crippen molar-refractivity contribution in [1.29, 1.82) is 0 Å². The highest BCUT2D eigenvalue weighted by Crippen LogP contribution is 2.19. The molecule has 0 bridgehead atoms. The quantitative estimate of drug-likeness (QED) is 0.864. The van der Waals surface area contributed by atoms with Gasteiger partial charge in [0, 0.05) is 45.1 Å². The maximum Gasteiger partial charge on any atom is 0.257 e. The zero-order chi connectivity index (χ0) is 18.4. The Hall–Kier alpha value is -2.31. The van der Waals surface area contributed by atoms with E-state index >= 15 is 0 Å². The summed E-state index contributed by atoms with van der Waals surface area (Å²) in [4.78, 5) is 40.3. The Morgan fingerprint density at radius 1 is 1.04 bits per heavy atom. The number of nitrogens with zero attached hydrogens (tertiary/aromatic N) is 2. The van der Waals surface area contributed by atoms with Gasteiger partial charge in [0.15, 0.2) is 0 Å². The molecule has 0 radical (unpaired) electrons. The second kappa shape index (κ2) is 8.87. The molecule has 0 unspecified atom stereocenters. The Bertz CT molecular complexity index is 615. The molecule has 1 aromatic heterocycles. The van der Waals surface area contributed by atoms with Crippen LogP contribution in [0.5, 0.6) is 0 Å². The van der Waals surface area contributed by atoms with Crippen molar-refractivity contribution < 1.29 is 18.8 Å². The molecule has 3 amide bonds. The van der Waals surface area contributed by atoms with E-state index in [4.69, 9.17) is 4.42 Å². The molecular formula is C19H27N3O4. The lowest BCUT2D eigenvalue weighted by molar-refractivity contribution is -0.132. The number of likely N-dealkylation sites (tertiary alicyclic amines) is 2. The summed E-state index contributed by atoms with van der Waals surface area (Å²) in [5.74, 6) is -0.0180. The van der Waals surface area contributed by atoms with E-state index < -0.39 is 0 Å². The number of hydrogen-bond acceptors (Lipinski definition) is 4. The SMILES string of the molecule is O=C(NCCC(=O)N1CCCCC1)C1CCN(C(=O)c2ccoc2)CC1. The smallest absolute Gasteiger partial charge is 0.257 e. The molecule has 1 aromatic rings. The van der Waals surface area contributed by atoms with Crippen LogP contribution in [0.15, 0.2) is 23.0 Å². The summed E-state index contributed by atoms with van der Waals surface area (Å²) >= 11 is 0. The topological polar surface area (TPSA) is 82.9 Å². The summed E-state index contributed by atoms with van der Waals surface area (Å²) < 4.78 is 4.95. The van der Waals surface area contributed by atoms with Crippen molar-refractivity contribution in [3.05, 3.63) is 24.2 Å². The first-order valence-corrected chi connectivity index (χ1v) is 9.52. The van der Waals surface area contributed by atoms with Gasteiger partial charge in [-0.15, -0.1) is 0 Å². The third-order valence-electron chi connectivity index (χ3n) is 5.27. The molecule has 2 fully saturated rings. The number of amides is 3. The molecule has 0 aliphatic carbocycles.